The van der Waals surface area contributed by atoms with Crippen molar-refractivity contribution < 1.29 is 18.7 Å². The molecule has 3 rings (SSSR count). The van der Waals surface area contributed by atoms with Crippen LogP contribution in [0.3, 0.4) is 0 Å². The molecule has 24 heavy (non-hydrogen) atoms. The third kappa shape index (κ3) is 2.82. The summed E-state index contributed by atoms with van der Waals surface area (Å²) in [5.41, 5.74) is 4.57. The summed E-state index contributed by atoms with van der Waals surface area (Å²) in [4.78, 5) is 11.2. The van der Waals surface area contributed by atoms with Crippen molar-refractivity contribution in [2.45, 2.75) is 12.8 Å². The van der Waals surface area contributed by atoms with E-state index in [0.717, 1.165) is 0 Å². The first kappa shape index (κ1) is 16.0. The molecule has 0 radical (unpaired) electrons. The molecule has 0 aromatic heterocycles. The second kappa shape index (κ2) is 6.70. The van der Waals surface area contributed by atoms with Gasteiger partial charge in [0.1, 0.15) is 5.75 Å². The van der Waals surface area contributed by atoms with Crippen molar-refractivity contribution in [2.75, 3.05) is 14.2 Å². The van der Waals surface area contributed by atoms with E-state index in [9.17, 15) is 4.79 Å². The molecule has 1 heterocycles. The standard InChI is InChI=1S/C18H17FN2O3/c1-23-15-6-4-3-5-11(15)12-7-8-13(18(24-2)17(12)19)14-9-10-16(22)21-20-14/h3-8H,9-10H2,1-2H3,(H,21,22). The summed E-state index contributed by atoms with van der Waals surface area (Å²) in [5.74, 6) is 0.0460. The molecule has 0 saturated heterocycles. The van der Waals surface area contributed by atoms with Crippen LogP contribution in [0.15, 0.2) is 41.5 Å². The zero-order chi connectivity index (χ0) is 17.1. The second-order valence-electron chi connectivity index (χ2n) is 5.30. The molecule has 1 aliphatic rings. The summed E-state index contributed by atoms with van der Waals surface area (Å²) in [6.45, 7) is 0. The van der Waals surface area contributed by atoms with Crippen LogP contribution in [0.2, 0.25) is 0 Å². The van der Waals surface area contributed by atoms with E-state index >= 15 is 4.39 Å². The Balaban J connectivity index is 2.11. The van der Waals surface area contributed by atoms with Crippen molar-refractivity contribution in [3.63, 3.8) is 0 Å². The number of hydrogen-bond donors (Lipinski definition) is 1. The fraction of sp³-hybridized carbons (Fsp3) is 0.222. The Morgan fingerprint density at radius 1 is 1.00 bits per heavy atom. The smallest absolute Gasteiger partial charge is 0.240 e. The van der Waals surface area contributed by atoms with Gasteiger partial charge in [-0.3, -0.25) is 4.79 Å². The third-order valence-electron chi connectivity index (χ3n) is 3.91. The van der Waals surface area contributed by atoms with E-state index < -0.39 is 5.82 Å². The van der Waals surface area contributed by atoms with Crippen molar-refractivity contribution in [3.05, 3.63) is 47.8 Å². The van der Waals surface area contributed by atoms with Crippen LogP contribution in [0.25, 0.3) is 11.1 Å². The van der Waals surface area contributed by atoms with Crippen LogP contribution < -0.4 is 14.9 Å². The number of para-hydroxylation sites is 1. The lowest BCUT2D eigenvalue weighted by atomic mass is 9.97. The first-order valence-corrected chi connectivity index (χ1v) is 7.51. The van der Waals surface area contributed by atoms with Gasteiger partial charge in [0, 0.05) is 29.5 Å². The molecule has 1 amide bonds. The Morgan fingerprint density at radius 2 is 1.75 bits per heavy atom. The lowest BCUT2D eigenvalue weighted by Crippen LogP contribution is -2.26. The largest absolute Gasteiger partial charge is 0.496 e. The summed E-state index contributed by atoms with van der Waals surface area (Å²) in [6.07, 6.45) is 0.757. The quantitative estimate of drug-likeness (QED) is 0.938. The summed E-state index contributed by atoms with van der Waals surface area (Å²) >= 11 is 0. The maximum atomic E-state index is 15.0. The van der Waals surface area contributed by atoms with E-state index in [-0.39, 0.29) is 11.7 Å². The number of ether oxygens (including phenoxy) is 2. The minimum absolute atomic E-state index is 0.105. The highest BCUT2D eigenvalue weighted by molar-refractivity contribution is 6.06. The molecule has 0 spiro atoms. The molecule has 6 heteroatoms. The topological polar surface area (TPSA) is 59.9 Å². The SMILES string of the molecule is COc1ccccc1-c1ccc(C2=NNC(=O)CC2)c(OC)c1F. The summed E-state index contributed by atoms with van der Waals surface area (Å²) in [6, 6.07) is 10.6. The number of halogens is 1. The number of benzene rings is 2. The summed E-state index contributed by atoms with van der Waals surface area (Å²) < 4.78 is 25.6. The molecule has 1 aliphatic heterocycles. The van der Waals surface area contributed by atoms with Crippen molar-refractivity contribution in [2.24, 2.45) is 5.10 Å². The van der Waals surface area contributed by atoms with Gasteiger partial charge in [0.05, 0.1) is 19.9 Å². The van der Waals surface area contributed by atoms with E-state index in [1.54, 1.807) is 31.4 Å². The normalized spacial score (nSPS) is 14.0. The van der Waals surface area contributed by atoms with E-state index in [1.165, 1.54) is 7.11 Å². The molecule has 0 bridgehead atoms. The van der Waals surface area contributed by atoms with Crippen LogP contribution in [0.4, 0.5) is 4.39 Å². The number of carbonyl (C=O) groups excluding carboxylic acids is 1. The van der Waals surface area contributed by atoms with Crippen molar-refractivity contribution in [3.8, 4) is 22.6 Å². The Bertz CT molecular complexity index is 818. The maximum Gasteiger partial charge on any atom is 0.240 e. The number of rotatable bonds is 4. The van der Waals surface area contributed by atoms with Gasteiger partial charge in [-0.25, -0.2) is 9.82 Å². The lowest BCUT2D eigenvalue weighted by Gasteiger charge is -2.17. The zero-order valence-corrected chi connectivity index (χ0v) is 13.4. The number of hydrazone groups is 1. The number of nitrogens with zero attached hydrogens (tertiary/aromatic N) is 1. The average Bonchev–Trinajstić information content (AvgIpc) is 2.62. The van der Waals surface area contributed by atoms with Crippen LogP contribution in [0, 0.1) is 5.82 Å². The Labute approximate surface area is 139 Å². The van der Waals surface area contributed by atoms with Crippen molar-refractivity contribution in [1.29, 1.82) is 0 Å². The molecule has 0 saturated carbocycles. The fourth-order valence-corrected chi connectivity index (χ4v) is 2.73. The second-order valence-corrected chi connectivity index (χ2v) is 5.30. The number of nitrogens with one attached hydrogen (secondary N) is 1. The van der Waals surface area contributed by atoms with Gasteiger partial charge >= 0.3 is 0 Å². The molecule has 1 N–H and O–H groups in total. The van der Waals surface area contributed by atoms with E-state index in [1.807, 2.05) is 12.1 Å². The van der Waals surface area contributed by atoms with Gasteiger partial charge in [-0.05, 0) is 12.1 Å². The van der Waals surface area contributed by atoms with Crippen molar-refractivity contribution >= 4 is 11.6 Å². The Hall–Kier alpha value is -2.89. The predicted octanol–water partition coefficient (Wildman–Crippen LogP) is 3.12. The van der Waals surface area contributed by atoms with Crippen LogP contribution in [0.5, 0.6) is 11.5 Å². The van der Waals surface area contributed by atoms with Crippen LogP contribution in [-0.2, 0) is 4.79 Å². The summed E-state index contributed by atoms with van der Waals surface area (Å²) in [5, 5.41) is 4.01. The Kier molecular flexibility index (Phi) is 4.46. The van der Waals surface area contributed by atoms with Gasteiger partial charge in [-0.15, -0.1) is 0 Å². The number of methoxy groups -OCH3 is 2. The van der Waals surface area contributed by atoms with E-state index in [0.29, 0.717) is 41.0 Å². The molecule has 5 nitrogen and oxygen atoms in total. The molecule has 2 aromatic rings. The van der Waals surface area contributed by atoms with Crippen LogP contribution in [0.1, 0.15) is 18.4 Å². The summed E-state index contributed by atoms with van der Waals surface area (Å²) in [7, 11) is 2.96. The number of hydrogen-bond acceptors (Lipinski definition) is 4. The van der Waals surface area contributed by atoms with Gasteiger partial charge in [-0.2, -0.15) is 5.10 Å². The molecule has 0 atom stereocenters. The molecule has 0 unspecified atom stereocenters. The lowest BCUT2D eigenvalue weighted by molar-refractivity contribution is -0.121. The fourth-order valence-electron chi connectivity index (χ4n) is 2.73. The minimum atomic E-state index is -0.487. The average molecular weight is 328 g/mol. The van der Waals surface area contributed by atoms with E-state index in [2.05, 4.69) is 10.5 Å². The molecular weight excluding hydrogens is 311 g/mol. The monoisotopic (exact) mass is 328 g/mol. The molecule has 0 fully saturated rings. The van der Waals surface area contributed by atoms with Gasteiger partial charge in [0.2, 0.25) is 5.91 Å². The molecule has 0 aliphatic carbocycles. The van der Waals surface area contributed by atoms with Crippen LogP contribution in [-0.4, -0.2) is 25.8 Å². The Morgan fingerprint density at radius 3 is 2.42 bits per heavy atom. The molecular formula is C18H17FN2O3. The number of carbonyl (C=O) groups is 1. The van der Waals surface area contributed by atoms with Crippen molar-refractivity contribution in [1.82, 2.24) is 5.43 Å². The first-order valence-electron chi connectivity index (χ1n) is 7.51. The van der Waals surface area contributed by atoms with Gasteiger partial charge in [0.15, 0.2) is 11.6 Å². The van der Waals surface area contributed by atoms with Gasteiger partial charge in [0.25, 0.3) is 0 Å². The predicted molar refractivity (Wildman–Crippen MR) is 88.9 cm³/mol. The third-order valence-corrected chi connectivity index (χ3v) is 3.91. The maximum absolute atomic E-state index is 15.0. The zero-order valence-electron chi connectivity index (χ0n) is 13.4. The molecule has 124 valence electrons. The highest BCUT2D eigenvalue weighted by atomic mass is 19.1. The number of amides is 1. The highest BCUT2D eigenvalue weighted by Crippen LogP contribution is 2.37. The molecule has 2 aromatic carbocycles. The van der Waals surface area contributed by atoms with Gasteiger partial charge in [-0.1, -0.05) is 24.3 Å². The highest BCUT2D eigenvalue weighted by Gasteiger charge is 2.22. The van der Waals surface area contributed by atoms with E-state index in [4.69, 9.17) is 9.47 Å². The first-order chi connectivity index (χ1) is 11.7. The van der Waals surface area contributed by atoms with Crippen LogP contribution >= 0.6 is 0 Å². The van der Waals surface area contributed by atoms with Gasteiger partial charge < -0.3 is 9.47 Å². The minimum Gasteiger partial charge on any atom is -0.496 e.